The molecule has 1 aliphatic heterocycles. The molecule has 5 nitrogen and oxygen atoms in total. The fraction of sp³-hybridized carbons (Fsp3) is 0.727. The van der Waals surface area contributed by atoms with Crippen LogP contribution in [0.3, 0.4) is 0 Å². The minimum atomic E-state index is -0.785. The summed E-state index contributed by atoms with van der Waals surface area (Å²) in [5, 5.41) is 12.9. The van der Waals surface area contributed by atoms with Crippen LogP contribution in [0.15, 0.2) is 4.52 Å². The van der Waals surface area contributed by atoms with Crippen molar-refractivity contribution in [2.24, 2.45) is 0 Å². The summed E-state index contributed by atoms with van der Waals surface area (Å²) in [4.78, 5) is 14.7. The second kappa shape index (κ2) is 6.05. The molecule has 1 unspecified atom stereocenters. The Hall–Kier alpha value is -1.04. The summed E-state index contributed by atoms with van der Waals surface area (Å²) in [6.07, 6.45) is 4.85. The van der Waals surface area contributed by atoms with Gasteiger partial charge in [-0.05, 0) is 25.0 Å². The van der Waals surface area contributed by atoms with E-state index in [1.54, 1.807) is 0 Å². The van der Waals surface area contributed by atoms with E-state index in [1.165, 1.54) is 12.8 Å². The molecule has 17 heavy (non-hydrogen) atoms. The molecular weight excluding hydrogens is 240 g/mol. The van der Waals surface area contributed by atoms with Gasteiger partial charge in [0.2, 0.25) is 5.89 Å². The Morgan fingerprint density at radius 3 is 3.12 bits per heavy atom. The van der Waals surface area contributed by atoms with Crippen molar-refractivity contribution in [3.05, 3.63) is 11.7 Å². The maximum Gasteiger partial charge on any atom is 0.303 e. The van der Waals surface area contributed by atoms with Crippen LogP contribution in [0, 0.1) is 0 Å². The first-order valence-corrected chi connectivity index (χ1v) is 6.96. The zero-order valence-electron chi connectivity index (χ0n) is 9.59. The van der Waals surface area contributed by atoms with Crippen LogP contribution in [-0.4, -0.2) is 27.0 Å². The van der Waals surface area contributed by atoms with E-state index in [1.807, 2.05) is 11.8 Å². The zero-order chi connectivity index (χ0) is 12.1. The van der Waals surface area contributed by atoms with Gasteiger partial charge in [0.05, 0.1) is 5.25 Å². The van der Waals surface area contributed by atoms with Gasteiger partial charge >= 0.3 is 5.97 Å². The van der Waals surface area contributed by atoms with Gasteiger partial charge in [-0.1, -0.05) is 11.6 Å². The normalized spacial score (nSPS) is 20.4. The highest BCUT2D eigenvalue weighted by Gasteiger charge is 2.21. The van der Waals surface area contributed by atoms with E-state index in [-0.39, 0.29) is 6.42 Å². The van der Waals surface area contributed by atoms with Crippen molar-refractivity contribution in [1.82, 2.24) is 10.1 Å². The van der Waals surface area contributed by atoms with Crippen LogP contribution in [0.4, 0.5) is 0 Å². The molecule has 94 valence electrons. The standard InChI is InChI=1S/C11H16N2O3S/c14-10(15)6-3-5-9-12-11(13-16-9)8-4-1-2-7-17-8/h8H,1-7H2,(H,14,15). The van der Waals surface area contributed by atoms with Gasteiger partial charge in [-0.15, -0.1) is 0 Å². The minimum Gasteiger partial charge on any atom is -0.481 e. The van der Waals surface area contributed by atoms with Crippen LogP contribution in [0.25, 0.3) is 0 Å². The topological polar surface area (TPSA) is 76.2 Å². The lowest BCUT2D eigenvalue weighted by Gasteiger charge is -2.17. The largest absolute Gasteiger partial charge is 0.481 e. The monoisotopic (exact) mass is 256 g/mol. The van der Waals surface area contributed by atoms with Crippen molar-refractivity contribution in [2.45, 2.75) is 43.8 Å². The zero-order valence-corrected chi connectivity index (χ0v) is 10.4. The molecule has 6 heteroatoms. The number of rotatable bonds is 5. The van der Waals surface area contributed by atoms with E-state index in [0.717, 1.165) is 18.0 Å². The molecule has 1 N–H and O–H groups in total. The van der Waals surface area contributed by atoms with Gasteiger partial charge < -0.3 is 9.63 Å². The molecule has 2 heterocycles. The predicted octanol–water partition coefficient (Wildman–Crippen LogP) is 2.44. The lowest BCUT2D eigenvalue weighted by Crippen LogP contribution is -2.04. The average molecular weight is 256 g/mol. The summed E-state index contributed by atoms with van der Waals surface area (Å²) in [5.41, 5.74) is 0. The van der Waals surface area contributed by atoms with Crippen molar-refractivity contribution in [3.8, 4) is 0 Å². The van der Waals surface area contributed by atoms with Crippen LogP contribution in [0.1, 0.15) is 49.1 Å². The number of hydrogen-bond donors (Lipinski definition) is 1. The number of aliphatic carboxylic acids is 1. The Kier molecular flexibility index (Phi) is 4.42. The minimum absolute atomic E-state index is 0.149. The highest BCUT2D eigenvalue weighted by molar-refractivity contribution is 7.99. The number of hydrogen-bond acceptors (Lipinski definition) is 5. The second-order valence-corrected chi connectivity index (χ2v) is 5.46. The Morgan fingerprint density at radius 1 is 1.53 bits per heavy atom. The molecule has 1 aliphatic rings. The second-order valence-electron chi connectivity index (χ2n) is 4.15. The molecule has 1 saturated heterocycles. The molecular formula is C11H16N2O3S. The first kappa shape index (κ1) is 12.4. The first-order chi connectivity index (χ1) is 8.25. The number of aromatic nitrogens is 2. The SMILES string of the molecule is O=C(O)CCCc1nc(C2CCCCS2)no1. The summed E-state index contributed by atoms with van der Waals surface area (Å²) in [6.45, 7) is 0. The quantitative estimate of drug-likeness (QED) is 0.872. The van der Waals surface area contributed by atoms with Crippen LogP contribution in [0.2, 0.25) is 0 Å². The molecule has 0 aromatic carbocycles. The van der Waals surface area contributed by atoms with Crippen molar-refractivity contribution in [3.63, 3.8) is 0 Å². The fourth-order valence-corrected chi connectivity index (χ4v) is 3.07. The Morgan fingerprint density at radius 2 is 2.41 bits per heavy atom. The van der Waals surface area contributed by atoms with Crippen molar-refractivity contribution in [2.75, 3.05) is 5.75 Å². The van der Waals surface area contributed by atoms with Gasteiger partial charge in [0.15, 0.2) is 5.82 Å². The van der Waals surface area contributed by atoms with E-state index >= 15 is 0 Å². The number of nitrogens with zero attached hydrogens (tertiary/aromatic N) is 2. The molecule has 1 aromatic heterocycles. The van der Waals surface area contributed by atoms with Gasteiger partial charge in [0, 0.05) is 12.8 Å². The summed E-state index contributed by atoms with van der Waals surface area (Å²) in [7, 11) is 0. The van der Waals surface area contributed by atoms with Crippen molar-refractivity contribution in [1.29, 1.82) is 0 Å². The predicted molar refractivity (Wildman–Crippen MR) is 63.9 cm³/mol. The molecule has 2 rings (SSSR count). The fourth-order valence-electron chi connectivity index (χ4n) is 1.84. The Bertz CT molecular complexity index is 375. The maximum absolute atomic E-state index is 10.4. The molecule has 0 radical (unpaired) electrons. The molecule has 0 saturated carbocycles. The lowest BCUT2D eigenvalue weighted by molar-refractivity contribution is -0.137. The van der Waals surface area contributed by atoms with Gasteiger partial charge in [0.25, 0.3) is 0 Å². The summed E-state index contributed by atoms with van der Waals surface area (Å²) in [6, 6.07) is 0. The van der Waals surface area contributed by atoms with Gasteiger partial charge in [-0.25, -0.2) is 0 Å². The molecule has 1 fully saturated rings. The Labute approximate surface area is 104 Å². The number of carboxylic acids is 1. The van der Waals surface area contributed by atoms with Crippen molar-refractivity contribution >= 4 is 17.7 Å². The summed E-state index contributed by atoms with van der Waals surface area (Å²) < 4.78 is 5.13. The van der Waals surface area contributed by atoms with Crippen molar-refractivity contribution < 1.29 is 14.4 Å². The Balaban J connectivity index is 1.84. The average Bonchev–Trinajstić information content (AvgIpc) is 2.78. The number of carboxylic acid groups (broad SMARTS) is 1. The van der Waals surface area contributed by atoms with E-state index < -0.39 is 5.97 Å². The molecule has 0 amide bonds. The third-order valence-corrected chi connectivity index (χ3v) is 4.11. The summed E-state index contributed by atoms with van der Waals surface area (Å²) in [5.74, 6) is 1.72. The smallest absolute Gasteiger partial charge is 0.303 e. The molecule has 1 atom stereocenters. The van der Waals surface area contributed by atoms with Gasteiger partial charge in [-0.3, -0.25) is 4.79 Å². The molecule has 0 aliphatic carbocycles. The number of carbonyl (C=O) groups is 1. The first-order valence-electron chi connectivity index (χ1n) is 5.91. The number of thioether (sulfide) groups is 1. The molecule has 1 aromatic rings. The van der Waals surface area contributed by atoms with E-state index in [2.05, 4.69) is 10.1 Å². The van der Waals surface area contributed by atoms with Crippen LogP contribution >= 0.6 is 11.8 Å². The number of aryl methyl sites for hydroxylation is 1. The lowest BCUT2D eigenvalue weighted by atomic mass is 10.2. The van der Waals surface area contributed by atoms with Crippen LogP contribution in [0.5, 0.6) is 0 Å². The van der Waals surface area contributed by atoms with Crippen LogP contribution in [-0.2, 0) is 11.2 Å². The molecule has 0 spiro atoms. The van der Waals surface area contributed by atoms with Crippen LogP contribution < -0.4 is 0 Å². The highest BCUT2D eigenvalue weighted by Crippen LogP contribution is 2.36. The summed E-state index contributed by atoms with van der Waals surface area (Å²) >= 11 is 1.88. The third-order valence-electron chi connectivity index (χ3n) is 2.73. The van der Waals surface area contributed by atoms with Gasteiger partial charge in [-0.2, -0.15) is 16.7 Å². The van der Waals surface area contributed by atoms with E-state index in [0.29, 0.717) is 24.0 Å². The third kappa shape index (κ3) is 3.73. The maximum atomic E-state index is 10.4. The molecule has 0 bridgehead atoms. The highest BCUT2D eigenvalue weighted by atomic mass is 32.2. The van der Waals surface area contributed by atoms with E-state index in [9.17, 15) is 4.79 Å². The van der Waals surface area contributed by atoms with Gasteiger partial charge in [0.1, 0.15) is 0 Å². The van der Waals surface area contributed by atoms with E-state index in [4.69, 9.17) is 9.63 Å².